The Morgan fingerprint density at radius 3 is 2.24 bits per heavy atom. The summed E-state index contributed by atoms with van der Waals surface area (Å²) >= 11 is 0. The van der Waals surface area contributed by atoms with E-state index in [9.17, 15) is 13.2 Å². The lowest BCUT2D eigenvalue weighted by molar-refractivity contribution is -0.140. The quantitative estimate of drug-likeness (QED) is 0.529. The molecule has 0 aliphatic carbocycles. The summed E-state index contributed by atoms with van der Waals surface area (Å²) in [5, 5.41) is 0. The zero-order valence-corrected chi connectivity index (χ0v) is 21.5. The van der Waals surface area contributed by atoms with Gasteiger partial charge in [0.1, 0.15) is 5.75 Å². The lowest BCUT2D eigenvalue weighted by Gasteiger charge is -2.31. The van der Waals surface area contributed by atoms with E-state index in [-0.39, 0.29) is 29.4 Å². The maximum Gasteiger partial charge on any atom is 0.263 e. The van der Waals surface area contributed by atoms with E-state index in [0.29, 0.717) is 24.6 Å². The van der Waals surface area contributed by atoms with Gasteiger partial charge in [0.15, 0.2) is 15.9 Å². The maximum atomic E-state index is 13.6. The Bertz CT molecular complexity index is 1070. The highest BCUT2D eigenvalue weighted by molar-refractivity contribution is 7.91. The van der Waals surface area contributed by atoms with Gasteiger partial charge in [0.2, 0.25) is 0 Å². The van der Waals surface area contributed by atoms with Gasteiger partial charge in [-0.1, -0.05) is 64.1 Å². The second-order valence-corrected chi connectivity index (χ2v) is 12.1. The molecule has 5 nitrogen and oxygen atoms in total. The molecule has 0 unspecified atom stereocenters. The van der Waals surface area contributed by atoms with Crippen LogP contribution in [0.3, 0.4) is 0 Å². The van der Waals surface area contributed by atoms with Crippen LogP contribution in [0.25, 0.3) is 0 Å². The summed E-state index contributed by atoms with van der Waals surface area (Å²) in [7, 11) is -3.13. The first-order valence-electron chi connectivity index (χ1n) is 11.8. The van der Waals surface area contributed by atoms with Crippen LogP contribution in [0.4, 0.5) is 0 Å². The zero-order chi connectivity index (χ0) is 24.3. The van der Waals surface area contributed by atoms with Gasteiger partial charge in [0.25, 0.3) is 5.91 Å². The Labute approximate surface area is 199 Å². The average molecular weight is 472 g/mol. The number of carbonyl (C=O) groups is 1. The first-order valence-corrected chi connectivity index (χ1v) is 13.7. The van der Waals surface area contributed by atoms with Gasteiger partial charge in [0.05, 0.1) is 11.5 Å². The number of nitrogens with zero attached hydrogens (tertiary/aromatic N) is 1. The monoisotopic (exact) mass is 471 g/mol. The Morgan fingerprint density at radius 1 is 1.03 bits per heavy atom. The summed E-state index contributed by atoms with van der Waals surface area (Å²) in [5.74, 6) is 1.36. The normalized spacial score (nSPS) is 18.5. The molecule has 1 amide bonds. The number of benzene rings is 2. The first-order chi connectivity index (χ1) is 15.5. The van der Waals surface area contributed by atoms with E-state index in [1.54, 1.807) is 11.8 Å². The molecule has 0 aromatic heterocycles. The first kappa shape index (κ1) is 25.3. The molecule has 3 rings (SSSR count). The second-order valence-electron chi connectivity index (χ2n) is 9.88. The molecule has 1 saturated heterocycles. The van der Waals surface area contributed by atoms with Crippen LogP contribution in [0.15, 0.2) is 42.5 Å². The number of amides is 1. The lowest BCUT2D eigenvalue weighted by atomic mass is 10.0. The van der Waals surface area contributed by atoms with Gasteiger partial charge in [-0.3, -0.25) is 4.79 Å². The Balaban J connectivity index is 1.85. The predicted molar refractivity (Wildman–Crippen MR) is 133 cm³/mol. The van der Waals surface area contributed by atoms with E-state index < -0.39 is 15.9 Å². The van der Waals surface area contributed by atoms with E-state index in [4.69, 9.17) is 4.74 Å². The summed E-state index contributed by atoms with van der Waals surface area (Å²) in [6, 6.07) is 13.9. The minimum Gasteiger partial charge on any atom is -0.481 e. The van der Waals surface area contributed by atoms with Crippen LogP contribution in [0.2, 0.25) is 0 Å². The van der Waals surface area contributed by atoms with Gasteiger partial charge in [0, 0.05) is 12.6 Å². The van der Waals surface area contributed by atoms with Crippen molar-refractivity contribution in [3.8, 4) is 5.75 Å². The van der Waals surface area contributed by atoms with Crippen molar-refractivity contribution in [2.24, 2.45) is 0 Å². The molecular formula is C27H37NO4S. The van der Waals surface area contributed by atoms with Gasteiger partial charge in [-0.15, -0.1) is 0 Å². The minimum absolute atomic E-state index is 0.0111. The van der Waals surface area contributed by atoms with Crippen LogP contribution in [-0.2, 0) is 21.2 Å². The number of aryl methyl sites for hydroxylation is 1. The van der Waals surface area contributed by atoms with E-state index in [2.05, 4.69) is 39.8 Å². The van der Waals surface area contributed by atoms with Crippen LogP contribution in [0.5, 0.6) is 5.75 Å². The van der Waals surface area contributed by atoms with Crippen molar-refractivity contribution in [1.82, 2.24) is 4.90 Å². The van der Waals surface area contributed by atoms with Crippen LogP contribution in [0, 0.1) is 6.92 Å². The fourth-order valence-corrected chi connectivity index (χ4v) is 6.04. The molecule has 180 valence electrons. The number of hydrogen-bond donors (Lipinski definition) is 0. The van der Waals surface area contributed by atoms with Crippen molar-refractivity contribution in [3.05, 3.63) is 64.7 Å². The van der Waals surface area contributed by atoms with Crippen LogP contribution in [-0.4, -0.2) is 42.9 Å². The van der Waals surface area contributed by atoms with Gasteiger partial charge >= 0.3 is 0 Å². The van der Waals surface area contributed by atoms with Crippen molar-refractivity contribution in [1.29, 1.82) is 0 Å². The van der Waals surface area contributed by atoms with Gasteiger partial charge in [-0.2, -0.15) is 0 Å². The highest BCUT2D eigenvalue weighted by Crippen LogP contribution is 2.29. The Kier molecular flexibility index (Phi) is 7.88. The van der Waals surface area contributed by atoms with E-state index in [1.165, 1.54) is 5.56 Å². The fraction of sp³-hybridized carbons (Fsp3) is 0.519. The van der Waals surface area contributed by atoms with E-state index >= 15 is 0 Å². The smallest absolute Gasteiger partial charge is 0.263 e. The molecular weight excluding hydrogens is 434 g/mol. The largest absolute Gasteiger partial charge is 0.481 e. The van der Waals surface area contributed by atoms with Crippen molar-refractivity contribution < 1.29 is 17.9 Å². The molecule has 0 spiro atoms. The molecule has 0 saturated carbocycles. The average Bonchev–Trinajstić information content (AvgIpc) is 3.11. The molecule has 2 aromatic carbocycles. The third kappa shape index (κ3) is 6.38. The van der Waals surface area contributed by atoms with Gasteiger partial charge < -0.3 is 9.64 Å². The number of hydrogen-bond acceptors (Lipinski definition) is 4. The molecule has 2 aromatic rings. The zero-order valence-electron chi connectivity index (χ0n) is 20.7. The molecule has 0 radical (unpaired) electrons. The summed E-state index contributed by atoms with van der Waals surface area (Å²) in [5.41, 5.74) is 4.35. The van der Waals surface area contributed by atoms with Crippen LogP contribution in [0.1, 0.15) is 75.1 Å². The number of rotatable bonds is 8. The van der Waals surface area contributed by atoms with Gasteiger partial charge in [-0.25, -0.2) is 8.42 Å². The van der Waals surface area contributed by atoms with Gasteiger partial charge in [-0.05, 0) is 60.4 Å². The van der Waals surface area contributed by atoms with Crippen LogP contribution < -0.4 is 4.74 Å². The van der Waals surface area contributed by atoms with Crippen molar-refractivity contribution in [2.45, 2.75) is 78.5 Å². The molecule has 1 aliphatic heterocycles. The predicted octanol–water partition coefficient (Wildman–Crippen LogP) is 5.23. The summed E-state index contributed by atoms with van der Waals surface area (Å²) in [4.78, 5) is 15.3. The highest BCUT2D eigenvalue weighted by Gasteiger charge is 2.36. The highest BCUT2D eigenvalue weighted by atomic mass is 32.2. The molecule has 1 fully saturated rings. The summed E-state index contributed by atoms with van der Waals surface area (Å²) < 4.78 is 30.6. The number of sulfone groups is 1. The number of carbonyl (C=O) groups excluding carboxylic acids is 1. The standard InChI is InChI=1S/C27H37NO4S/c1-18(2)23-10-8-22(9-11-23)16-28(24-13-14-33(30,31)17-24)27(29)21(6)32-26-15-20(5)7-12-25(26)19(3)4/h7-12,15,18-19,21,24H,13-14,16-17H2,1-6H3/t21-,24-/m0/s1. The molecule has 0 N–H and O–H groups in total. The second kappa shape index (κ2) is 10.3. The Hall–Kier alpha value is -2.34. The summed E-state index contributed by atoms with van der Waals surface area (Å²) in [6.07, 6.45) is -0.255. The van der Waals surface area contributed by atoms with Crippen molar-refractivity contribution >= 4 is 15.7 Å². The van der Waals surface area contributed by atoms with E-state index in [0.717, 1.165) is 16.7 Å². The maximum absolute atomic E-state index is 13.6. The van der Waals surface area contributed by atoms with Crippen molar-refractivity contribution in [3.63, 3.8) is 0 Å². The molecule has 2 atom stereocenters. The van der Waals surface area contributed by atoms with Crippen LogP contribution >= 0.6 is 0 Å². The lowest BCUT2D eigenvalue weighted by Crippen LogP contribution is -2.46. The van der Waals surface area contributed by atoms with Crippen molar-refractivity contribution in [2.75, 3.05) is 11.5 Å². The SMILES string of the molecule is Cc1ccc(C(C)C)c(O[C@@H](C)C(=O)N(Cc2ccc(C(C)C)cc2)[C@H]2CCS(=O)(=O)C2)c1. The fourth-order valence-electron chi connectivity index (χ4n) is 4.31. The molecule has 0 bridgehead atoms. The topological polar surface area (TPSA) is 63.7 Å². The summed E-state index contributed by atoms with van der Waals surface area (Å²) in [6.45, 7) is 12.6. The molecule has 33 heavy (non-hydrogen) atoms. The molecule has 6 heteroatoms. The third-order valence-electron chi connectivity index (χ3n) is 6.37. The van der Waals surface area contributed by atoms with E-state index in [1.807, 2.05) is 37.3 Å². The minimum atomic E-state index is -3.13. The molecule has 1 heterocycles. The third-order valence-corrected chi connectivity index (χ3v) is 8.12. The Morgan fingerprint density at radius 2 is 1.70 bits per heavy atom. The molecule has 1 aliphatic rings. The number of ether oxygens (including phenoxy) is 1.